The molecule has 2 aromatic rings. The second-order valence-electron chi connectivity index (χ2n) is 4.51. The van der Waals surface area contributed by atoms with Crippen LogP contribution in [0.1, 0.15) is 24.1 Å². The molecule has 0 amide bonds. The highest BCUT2D eigenvalue weighted by atomic mass is 79.9. The third-order valence-electron chi connectivity index (χ3n) is 3.15. The van der Waals surface area contributed by atoms with E-state index < -0.39 is 0 Å². The third-order valence-corrected chi connectivity index (χ3v) is 4.98. The van der Waals surface area contributed by atoms with Crippen molar-refractivity contribution >= 4 is 47.8 Å². The molecule has 5 heteroatoms. The van der Waals surface area contributed by atoms with Crippen LogP contribution in [-0.2, 0) is 0 Å². The fraction of sp³-hybridized carbons (Fsp3) is 0.250. The van der Waals surface area contributed by atoms with Crippen molar-refractivity contribution in [3.05, 3.63) is 60.9 Å². The fourth-order valence-electron chi connectivity index (χ4n) is 2.21. The topological polar surface area (TPSA) is 21.3 Å². The van der Waals surface area contributed by atoms with E-state index in [1.54, 1.807) is 0 Å². The fourth-order valence-corrected chi connectivity index (χ4v) is 3.57. The van der Waals surface area contributed by atoms with Crippen LogP contribution in [0.2, 0.25) is 0 Å². The van der Waals surface area contributed by atoms with Crippen molar-refractivity contribution in [1.29, 1.82) is 0 Å². The summed E-state index contributed by atoms with van der Waals surface area (Å²) in [6.45, 7) is 2.64. The molecule has 0 bridgehead atoms. The molecular weight excluding hydrogens is 462 g/mol. The lowest BCUT2D eigenvalue weighted by atomic mass is 9.99. The number of benzene rings is 2. The van der Waals surface area contributed by atoms with Crippen LogP contribution in [-0.4, -0.2) is 13.7 Å². The van der Waals surface area contributed by atoms with Crippen molar-refractivity contribution in [3.63, 3.8) is 0 Å². The van der Waals surface area contributed by atoms with Gasteiger partial charge in [0.1, 0.15) is 5.75 Å². The molecule has 0 aliphatic rings. The quantitative estimate of drug-likeness (QED) is 0.598. The summed E-state index contributed by atoms with van der Waals surface area (Å²) in [5.41, 5.74) is 2.36. The Balaban J connectivity index is 2.42. The van der Waals surface area contributed by atoms with Gasteiger partial charge in [-0.1, -0.05) is 37.9 Å². The summed E-state index contributed by atoms with van der Waals surface area (Å²) in [4.78, 5) is 0. The van der Waals surface area contributed by atoms with Gasteiger partial charge in [0.25, 0.3) is 0 Å². The number of nitrogens with one attached hydrogen (secondary N) is 1. The first kappa shape index (κ1) is 17.0. The number of halogens is 3. The van der Waals surface area contributed by atoms with Crippen LogP contribution in [0.4, 0.5) is 0 Å². The van der Waals surface area contributed by atoms with Gasteiger partial charge >= 0.3 is 0 Å². The predicted octanol–water partition coefficient (Wildman–Crippen LogP) is 5.68. The van der Waals surface area contributed by atoms with Crippen molar-refractivity contribution < 1.29 is 4.74 Å². The van der Waals surface area contributed by atoms with Crippen molar-refractivity contribution in [1.82, 2.24) is 5.32 Å². The summed E-state index contributed by atoms with van der Waals surface area (Å²) in [7, 11) is 1.96. The predicted molar refractivity (Wildman–Crippen MR) is 98.1 cm³/mol. The third kappa shape index (κ3) is 4.09. The second kappa shape index (κ2) is 7.77. The summed E-state index contributed by atoms with van der Waals surface area (Å²) in [5.74, 6) is 0.865. The maximum atomic E-state index is 5.57. The molecule has 21 heavy (non-hydrogen) atoms. The first-order chi connectivity index (χ1) is 10.1. The molecule has 0 aliphatic carbocycles. The van der Waals surface area contributed by atoms with Gasteiger partial charge in [-0.2, -0.15) is 0 Å². The lowest BCUT2D eigenvalue weighted by molar-refractivity contribution is 0.338. The van der Waals surface area contributed by atoms with E-state index in [-0.39, 0.29) is 6.04 Å². The van der Waals surface area contributed by atoms with E-state index in [4.69, 9.17) is 4.74 Å². The van der Waals surface area contributed by atoms with Crippen LogP contribution in [0, 0.1) is 0 Å². The smallest absolute Gasteiger partial charge is 0.133 e. The molecule has 1 N–H and O–H groups in total. The Labute approximate surface area is 150 Å². The van der Waals surface area contributed by atoms with Gasteiger partial charge < -0.3 is 10.1 Å². The van der Waals surface area contributed by atoms with Crippen LogP contribution in [0.5, 0.6) is 5.75 Å². The van der Waals surface area contributed by atoms with Crippen LogP contribution in [0.25, 0.3) is 0 Å². The Hall–Kier alpha value is -0.360. The summed E-state index contributed by atoms with van der Waals surface area (Å²) in [5, 5.41) is 3.37. The Morgan fingerprint density at radius 1 is 1.05 bits per heavy atom. The molecule has 0 saturated carbocycles. The summed E-state index contributed by atoms with van der Waals surface area (Å²) < 4.78 is 8.68. The van der Waals surface area contributed by atoms with Crippen molar-refractivity contribution in [2.45, 2.75) is 13.0 Å². The van der Waals surface area contributed by atoms with E-state index in [1.807, 2.05) is 32.2 Å². The molecule has 0 aliphatic heterocycles. The minimum atomic E-state index is 0.101. The number of hydrogen-bond donors (Lipinski definition) is 1. The SMILES string of the molecule is CCOc1ccc(C(NC)c2cc(Br)ccc2Br)cc1Br. The monoisotopic (exact) mass is 475 g/mol. The Bertz CT molecular complexity index is 631. The zero-order valence-corrected chi connectivity index (χ0v) is 16.5. The largest absolute Gasteiger partial charge is 0.493 e. The molecule has 112 valence electrons. The first-order valence-electron chi connectivity index (χ1n) is 6.61. The highest BCUT2D eigenvalue weighted by molar-refractivity contribution is 9.11. The summed E-state index contributed by atoms with van der Waals surface area (Å²) in [6, 6.07) is 12.5. The molecule has 0 heterocycles. The summed E-state index contributed by atoms with van der Waals surface area (Å²) >= 11 is 10.7. The van der Waals surface area contributed by atoms with Gasteiger partial charge in [-0.3, -0.25) is 0 Å². The number of hydrogen-bond acceptors (Lipinski definition) is 2. The van der Waals surface area contributed by atoms with Gasteiger partial charge in [0, 0.05) is 8.95 Å². The highest BCUT2D eigenvalue weighted by Crippen LogP contribution is 2.34. The second-order valence-corrected chi connectivity index (χ2v) is 7.13. The van der Waals surface area contributed by atoms with E-state index in [1.165, 1.54) is 11.1 Å². The van der Waals surface area contributed by atoms with Gasteiger partial charge in [0.15, 0.2) is 0 Å². The zero-order chi connectivity index (χ0) is 15.4. The number of rotatable bonds is 5. The molecule has 0 spiro atoms. The Morgan fingerprint density at radius 2 is 1.81 bits per heavy atom. The standard InChI is InChI=1S/C16H16Br3NO/c1-3-21-15-7-4-10(8-14(15)19)16(20-2)12-9-11(17)5-6-13(12)18/h4-9,16,20H,3H2,1-2H3. The molecule has 2 aromatic carbocycles. The number of ether oxygens (including phenoxy) is 1. The zero-order valence-electron chi connectivity index (χ0n) is 11.8. The van der Waals surface area contributed by atoms with E-state index in [0.29, 0.717) is 6.61 Å². The molecule has 1 unspecified atom stereocenters. The molecular formula is C16H16Br3NO. The van der Waals surface area contributed by atoms with Gasteiger partial charge in [0.05, 0.1) is 17.1 Å². The minimum absolute atomic E-state index is 0.101. The molecule has 2 nitrogen and oxygen atoms in total. The molecule has 0 fully saturated rings. The van der Waals surface area contributed by atoms with Crippen molar-refractivity contribution in [3.8, 4) is 5.75 Å². The van der Waals surface area contributed by atoms with Crippen LogP contribution < -0.4 is 10.1 Å². The Kier molecular flexibility index (Phi) is 6.29. The average Bonchev–Trinajstić information content (AvgIpc) is 2.46. The van der Waals surface area contributed by atoms with Gasteiger partial charge in [-0.15, -0.1) is 0 Å². The van der Waals surface area contributed by atoms with Gasteiger partial charge in [-0.05, 0) is 71.4 Å². The first-order valence-corrected chi connectivity index (χ1v) is 8.99. The molecule has 0 radical (unpaired) electrons. The maximum Gasteiger partial charge on any atom is 0.133 e. The molecule has 0 aromatic heterocycles. The van der Waals surface area contributed by atoms with E-state index in [2.05, 4.69) is 71.3 Å². The summed E-state index contributed by atoms with van der Waals surface area (Å²) in [6.07, 6.45) is 0. The normalized spacial score (nSPS) is 12.2. The van der Waals surface area contributed by atoms with Crippen molar-refractivity contribution in [2.75, 3.05) is 13.7 Å². The minimum Gasteiger partial charge on any atom is -0.493 e. The van der Waals surface area contributed by atoms with E-state index >= 15 is 0 Å². The highest BCUT2D eigenvalue weighted by Gasteiger charge is 2.16. The molecule has 0 saturated heterocycles. The van der Waals surface area contributed by atoms with E-state index in [9.17, 15) is 0 Å². The van der Waals surface area contributed by atoms with Crippen molar-refractivity contribution in [2.24, 2.45) is 0 Å². The molecule has 2 rings (SSSR count). The maximum absolute atomic E-state index is 5.57. The lowest BCUT2D eigenvalue weighted by Gasteiger charge is -2.20. The van der Waals surface area contributed by atoms with Gasteiger partial charge in [0.2, 0.25) is 0 Å². The van der Waals surface area contributed by atoms with Gasteiger partial charge in [-0.25, -0.2) is 0 Å². The van der Waals surface area contributed by atoms with E-state index in [0.717, 1.165) is 19.2 Å². The van der Waals surface area contributed by atoms with Crippen LogP contribution in [0.3, 0.4) is 0 Å². The molecule has 1 atom stereocenters. The van der Waals surface area contributed by atoms with Crippen LogP contribution in [0.15, 0.2) is 49.8 Å². The average molecular weight is 478 g/mol. The Morgan fingerprint density at radius 3 is 2.43 bits per heavy atom. The lowest BCUT2D eigenvalue weighted by Crippen LogP contribution is -2.18. The van der Waals surface area contributed by atoms with Crippen LogP contribution >= 0.6 is 47.8 Å².